The monoisotopic (exact) mass is 168 g/mol. The van der Waals surface area contributed by atoms with Crippen molar-refractivity contribution in [3.05, 3.63) is 12.7 Å². The van der Waals surface area contributed by atoms with Gasteiger partial charge in [-0.2, -0.15) is 0 Å². The number of rotatable bonds is 6. The third-order valence-corrected chi connectivity index (χ3v) is 3.62. The van der Waals surface area contributed by atoms with E-state index in [1.54, 1.807) is 0 Å². The summed E-state index contributed by atoms with van der Waals surface area (Å²) in [6.07, 6.45) is 7.11. The highest BCUT2D eigenvalue weighted by Crippen LogP contribution is 2.40. The normalized spacial score (nSPS) is 14.3. The highest BCUT2D eigenvalue weighted by molar-refractivity contribution is 4.88. The fourth-order valence-electron chi connectivity index (χ4n) is 2.16. The quantitative estimate of drug-likeness (QED) is 0.515. The van der Waals surface area contributed by atoms with Gasteiger partial charge in [0, 0.05) is 0 Å². The van der Waals surface area contributed by atoms with Gasteiger partial charge in [0.05, 0.1) is 0 Å². The van der Waals surface area contributed by atoms with Crippen molar-refractivity contribution in [2.75, 3.05) is 0 Å². The minimum atomic E-state index is 0.524. The van der Waals surface area contributed by atoms with E-state index in [-0.39, 0.29) is 0 Å². The van der Waals surface area contributed by atoms with Crippen molar-refractivity contribution >= 4 is 0 Å². The zero-order valence-corrected chi connectivity index (χ0v) is 9.19. The molecule has 0 aromatic carbocycles. The van der Waals surface area contributed by atoms with Gasteiger partial charge in [-0.3, -0.25) is 0 Å². The van der Waals surface area contributed by atoms with Gasteiger partial charge in [0.2, 0.25) is 0 Å². The van der Waals surface area contributed by atoms with Gasteiger partial charge in [0.25, 0.3) is 0 Å². The molecule has 0 aromatic heterocycles. The standard InChI is InChI=1S/C12H24/c1-6-10-12(8-3,9-4)11(5)7-2/h6,11H,1,7-10H2,2-5H3. The molecule has 1 atom stereocenters. The molecule has 0 amide bonds. The molecule has 0 bridgehead atoms. The molecule has 12 heavy (non-hydrogen) atoms. The molecule has 0 nitrogen and oxygen atoms in total. The van der Waals surface area contributed by atoms with Gasteiger partial charge in [-0.15, -0.1) is 6.58 Å². The van der Waals surface area contributed by atoms with Crippen LogP contribution in [0.3, 0.4) is 0 Å². The Morgan fingerprint density at radius 1 is 1.25 bits per heavy atom. The Hall–Kier alpha value is -0.260. The van der Waals surface area contributed by atoms with E-state index in [1.165, 1.54) is 25.7 Å². The van der Waals surface area contributed by atoms with E-state index in [1.807, 2.05) is 0 Å². The Morgan fingerprint density at radius 2 is 1.75 bits per heavy atom. The summed E-state index contributed by atoms with van der Waals surface area (Å²) in [6, 6.07) is 0. The first-order chi connectivity index (χ1) is 5.66. The Bertz CT molecular complexity index is 120. The van der Waals surface area contributed by atoms with Crippen LogP contribution >= 0.6 is 0 Å². The predicted molar refractivity (Wildman–Crippen MR) is 57.3 cm³/mol. The fraction of sp³-hybridized carbons (Fsp3) is 0.833. The van der Waals surface area contributed by atoms with Crippen LogP contribution in [0.25, 0.3) is 0 Å². The summed E-state index contributed by atoms with van der Waals surface area (Å²) in [5.74, 6) is 0.825. The summed E-state index contributed by atoms with van der Waals surface area (Å²) in [5, 5.41) is 0. The topological polar surface area (TPSA) is 0 Å². The van der Waals surface area contributed by atoms with Gasteiger partial charge in [-0.05, 0) is 30.6 Å². The van der Waals surface area contributed by atoms with Crippen LogP contribution in [0.4, 0.5) is 0 Å². The number of allylic oxidation sites excluding steroid dienone is 1. The molecule has 0 saturated carbocycles. The van der Waals surface area contributed by atoms with Crippen molar-refractivity contribution < 1.29 is 0 Å². The minimum Gasteiger partial charge on any atom is -0.103 e. The van der Waals surface area contributed by atoms with Crippen molar-refractivity contribution in [1.82, 2.24) is 0 Å². The molecular weight excluding hydrogens is 144 g/mol. The van der Waals surface area contributed by atoms with Crippen LogP contribution in [0, 0.1) is 11.3 Å². The van der Waals surface area contributed by atoms with Gasteiger partial charge >= 0.3 is 0 Å². The van der Waals surface area contributed by atoms with Gasteiger partial charge in [0.15, 0.2) is 0 Å². The van der Waals surface area contributed by atoms with Crippen molar-refractivity contribution in [3.8, 4) is 0 Å². The molecular formula is C12H24. The summed E-state index contributed by atoms with van der Waals surface area (Å²) in [5.41, 5.74) is 0.524. The second-order valence-electron chi connectivity index (χ2n) is 3.87. The first-order valence-electron chi connectivity index (χ1n) is 5.27. The van der Waals surface area contributed by atoms with Gasteiger partial charge < -0.3 is 0 Å². The molecule has 0 spiro atoms. The summed E-state index contributed by atoms with van der Waals surface area (Å²) < 4.78 is 0. The lowest BCUT2D eigenvalue weighted by atomic mass is 9.69. The van der Waals surface area contributed by atoms with E-state index in [0.29, 0.717) is 5.41 Å². The maximum absolute atomic E-state index is 3.86. The average Bonchev–Trinajstić information content (AvgIpc) is 2.13. The first kappa shape index (κ1) is 11.7. The van der Waals surface area contributed by atoms with Crippen LogP contribution in [0.1, 0.15) is 53.4 Å². The molecule has 0 heterocycles. The fourth-order valence-corrected chi connectivity index (χ4v) is 2.16. The molecule has 72 valence electrons. The molecule has 0 fully saturated rings. The summed E-state index contributed by atoms with van der Waals surface area (Å²) in [4.78, 5) is 0. The zero-order chi connectivity index (χ0) is 9.61. The Morgan fingerprint density at radius 3 is 2.00 bits per heavy atom. The predicted octanol–water partition coefficient (Wildman–Crippen LogP) is 4.42. The average molecular weight is 168 g/mol. The van der Waals surface area contributed by atoms with E-state index in [0.717, 1.165) is 5.92 Å². The maximum atomic E-state index is 3.86. The van der Waals surface area contributed by atoms with Gasteiger partial charge in [0.1, 0.15) is 0 Å². The molecule has 0 saturated heterocycles. The van der Waals surface area contributed by atoms with Gasteiger partial charge in [-0.25, -0.2) is 0 Å². The van der Waals surface area contributed by atoms with Crippen LogP contribution in [-0.4, -0.2) is 0 Å². The van der Waals surface area contributed by atoms with Crippen molar-refractivity contribution in [2.24, 2.45) is 11.3 Å². The summed E-state index contributed by atoms with van der Waals surface area (Å²) >= 11 is 0. The second kappa shape index (κ2) is 5.40. The molecule has 0 heteroatoms. The van der Waals surface area contributed by atoms with Crippen LogP contribution in [0.5, 0.6) is 0 Å². The molecule has 1 unspecified atom stereocenters. The highest BCUT2D eigenvalue weighted by Gasteiger charge is 2.29. The molecule has 0 aromatic rings. The largest absolute Gasteiger partial charge is 0.103 e. The van der Waals surface area contributed by atoms with E-state index in [9.17, 15) is 0 Å². The summed E-state index contributed by atoms with van der Waals surface area (Å²) in [7, 11) is 0. The second-order valence-corrected chi connectivity index (χ2v) is 3.87. The molecule has 0 radical (unpaired) electrons. The van der Waals surface area contributed by atoms with Crippen LogP contribution in [-0.2, 0) is 0 Å². The van der Waals surface area contributed by atoms with Crippen LogP contribution in [0.15, 0.2) is 12.7 Å². The molecule has 0 aliphatic carbocycles. The lowest BCUT2D eigenvalue weighted by molar-refractivity contribution is 0.155. The number of hydrogen-bond donors (Lipinski definition) is 0. The third kappa shape index (κ3) is 2.36. The summed E-state index contributed by atoms with van der Waals surface area (Å²) in [6.45, 7) is 13.1. The van der Waals surface area contributed by atoms with Crippen molar-refractivity contribution in [1.29, 1.82) is 0 Å². The molecule has 0 aliphatic rings. The lowest BCUT2D eigenvalue weighted by Gasteiger charge is -2.36. The van der Waals surface area contributed by atoms with E-state index >= 15 is 0 Å². The maximum Gasteiger partial charge on any atom is -0.0243 e. The molecule has 0 aliphatic heterocycles. The van der Waals surface area contributed by atoms with E-state index in [2.05, 4.69) is 40.3 Å². The van der Waals surface area contributed by atoms with E-state index in [4.69, 9.17) is 0 Å². The van der Waals surface area contributed by atoms with Crippen LogP contribution in [0.2, 0.25) is 0 Å². The number of hydrogen-bond acceptors (Lipinski definition) is 0. The van der Waals surface area contributed by atoms with Crippen molar-refractivity contribution in [2.45, 2.75) is 53.4 Å². The smallest absolute Gasteiger partial charge is 0.0243 e. The minimum absolute atomic E-state index is 0.524. The lowest BCUT2D eigenvalue weighted by Crippen LogP contribution is -2.26. The first-order valence-corrected chi connectivity index (χ1v) is 5.27. The van der Waals surface area contributed by atoms with Gasteiger partial charge in [-0.1, -0.05) is 40.2 Å². The zero-order valence-electron chi connectivity index (χ0n) is 9.19. The Labute approximate surface area is 78.1 Å². The highest BCUT2D eigenvalue weighted by atomic mass is 14.3. The SMILES string of the molecule is C=CCC(CC)(CC)C(C)CC. The molecule has 0 N–H and O–H groups in total. The third-order valence-electron chi connectivity index (χ3n) is 3.62. The Balaban J connectivity index is 4.43. The van der Waals surface area contributed by atoms with Crippen LogP contribution < -0.4 is 0 Å². The molecule has 0 rings (SSSR count). The Kier molecular flexibility index (Phi) is 5.28. The van der Waals surface area contributed by atoms with Crippen molar-refractivity contribution in [3.63, 3.8) is 0 Å². The van der Waals surface area contributed by atoms with E-state index < -0.39 is 0 Å².